The van der Waals surface area contributed by atoms with Crippen molar-refractivity contribution in [2.75, 3.05) is 0 Å². The summed E-state index contributed by atoms with van der Waals surface area (Å²) >= 11 is 0. The van der Waals surface area contributed by atoms with Gasteiger partial charge in [0.25, 0.3) is 0 Å². The van der Waals surface area contributed by atoms with Gasteiger partial charge in [0, 0.05) is 18.5 Å². The van der Waals surface area contributed by atoms with Gasteiger partial charge in [-0.3, -0.25) is 4.79 Å². The zero-order valence-electron chi connectivity index (χ0n) is 10.7. The number of hydrogen-bond donors (Lipinski definition) is 1. The average Bonchev–Trinajstić information content (AvgIpc) is 2.81. The number of carbonyl (C=O) groups is 1. The lowest BCUT2D eigenvalue weighted by Crippen LogP contribution is -2.27. The van der Waals surface area contributed by atoms with Crippen LogP contribution in [0.1, 0.15) is 17.8 Å². The van der Waals surface area contributed by atoms with Gasteiger partial charge in [-0.15, -0.1) is 10.2 Å². The molecule has 1 atom stereocenters. The van der Waals surface area contributed by atoms with Crippen LogP contribution in [-0.2, 0) is 17.8 Å². The standard InChI is InChI=1S/C14H15N3O2/c1-9-3-2-4-10(7-9)13-16-15-12-6-5-11(14(18)19)8-17(12)13/h2-4,7,11H,5-6,8H2,1H3,(H,18,19). The van der Waals surface area contributed by atoms with Gasteiger partial charge in [-0.1, -0.05) is 23.8 Å². The molecule has 3 rings (SSSR count). The van der Waals surface area contributed by atoms with Crippen LogP contribution in [0.4, 0.5) is 0 Å². The Morgan fingerprint density at radius 2 is 2.26 bits per heavy atom. The van der Waals surface area contributed by atoms with Crippen molar-refractivity contribution in [1.82, 2.24) is 14.8 Å². The maximum Gasteiger partial charge on any atom is 0.308 e. The van der Waals surface area contributed by atoms with Gasteiger partial charge in [0.15, 0.2) is 5.82 Å². The number of carboxylic acids is 1. The predicted octanol–water partition coefficient (Wildman–Crippen LogP) is 1.90. The van der Waals surface area contributed by atoms with E-state index < -0.39 is 5.97 Å². The molecule has 2 heterocycles. The molecule has 1 aromatic heterocycles. The molecule has 0 saturated carbocycles. The molecule has 1 aliphatic heterocycles. The second-order valence-corrected chi connectivity index (χ2v) is 4.99. The number of hydrogen-bond acceptors (Lipinski definition) is 3. The smallest absolute Gasteiger partial charge is 0.308 e. The summed E-state index contributed by atoms with van der Waals surface area (Å²) in [6.07, 6.45) is 1.32. The van der Waals surface area contributed by atoms with Gasteiger partial charge in [0.1, 0.15) is 5.82 Å². The maximum absolute atomic E-state index is 11.1. The summed E-state index contributed by atoms with van der Waals surface area (Å²) < 4.78 is 1.94. The van der Waals surface area contributed by atoms with E-state index in [0.717, 1.165) is 22.8 Å². The number of aromatic nitrogens is 3. The SMILES string of the molecule is Cc1cccc(-c2nnc3n2CC(C(=O)O)CC3)c1. The Hall–Kier alpha value is -2.17. The number of benzene rings is 1. The van der Waals surface area contributed by atoms with Crippen LogP contribution < -0.4 is 0 Å². The fourth-order valence-corrected chi connectivity index (χ4v) is 2.53. The first-order valence-corrected chi connectivity index (χ1v) is 6.37. The van der Waals surface area contributed by atoms with Crippen molar-refractivity contribution in [3.63, 3.8) is 0 Å². The summed E-state index contributed by atoms with van der Waals surface area (Å²) in [4.78, 5) is 11.1. The van der Waals surface area contributed by atoms with E-state index in [1.165, 1.54) is 0 Å². The van der Waals surface area contributed by atoms with Crippen LogP contribution in [0.5, 0.6) is 0 Å². The normalized spacial score (nSPS) is 18.1. The molecule has 1 aromatic carbocycles. The molecule has 5 heteroatoms. The molecule has 2 aromatic rings. The van der Waals surface area contributed by atoms with E-state index in [-0.39, 0.29) is 5.92 Å². The average molecular weight is 257 g/mol. The van der Waals surface area contributed by atoms with Crippen molar-refractivity contribution >= 4 is 5.97 Å². The molecule has 0 aliphatic carbocycles. The second-order valence-electron chi connectivity index (χ2n) is 4.99. The minimum atomic E-state index is -0.741. The molecule has 0 amide bonds. The Morgan fingerprint density at radius 3 is 3.00 bits per heavy atom. The van der Waals surface area contributed by atoms with Gasteiger partial charge in [-0.2, -0.15) is 0 Å². The first kappa shape index (κ1) is 11.9. The minimum Gasteiger partial charge on any atom is -0.481 e. The van der Waals surface area contributed by atoms with Gasteiger partial charge in [0.05, 0.1) is 5.92 Å². The summed E-state index contributed by atoms with van der Waals surface area (Å²) in [7, 11) is 0. The van der Waals surface area contributed by atoms with Crippen molar-refractivity contribution in [2.24, 2.45) is 5.92 Å². The third-order valence-corrected chi connectivity index (χ3v) is 3.57. The Bertz CT molecular complexity index is 633. The van der Waals surface area contributed by atoms with Gasteiger partial charge in [-0.05, 0) is 19.4 Å². The zero-order valence-corrected chi connectivity index (χ0v) is 10.7. The molecule has 0 fully saturated rings. The van der Waals surface area contributed by atoms with E-state index in [0.29, 0.717) is 19.4 Å². The van der Waals surface area contributed by atoms with Crippen LogP contribution in [0.3, 0.4) is 0 Å². The Balaban J connectivity index is 2.01. The highest BCUT2D eigenvalue weighted by molar-refractivity contribution is 5.70. The van der Waals surface area contributed by atoms with Crippen molar-refractivity contribution in [3.8, 4) is 11.4 Å². The number of fused-ring (bicyclic) bond motifs is 1. The quantitative estimate of drug-likeness (QED) is 0.892. The summed E-state index contributed by atoms with van der Waals surface area (Å²) in [5.74, 6) is 0.570. The van der Waals surface area contributed by atoms with Gasteiger partial charge >= 0.3 is 5.97 Å². The van der Waals surface area contributed by atoms with Crippen molar-refractivity contribution < 1.29 is 9.90 Å². The van der Waals surface area contributed by atoms with E-state index in [9.17, 15) is 4.79 Å². The second kappa shape index (κ2) is 4.50. The van der Waals surface area contributed by atoms with Crippen molar-refractivity contribution in [2.45, 2.75) is 26.3 Å². The molecule has 0 radical (unpaired) electrons. The van der Waals surface area contributed by atoms with E-state index >= 15 is 0 Å². The van der Waals surface area contributed by atoms with Crippen molar-refractivity contribution in [1.29, 1.82) is 0 Å². The van der Waals surface area contributed by atoms with E-state index in [2.05, 4.69) is 10.2 Å². The lowest BCUT2D eigenvalue weighted by Gasteiger charge is -2.21. The number of carboxylic acid groups (broad SMARTS) is 1. The molecule has 0 bridgehead atoms. The molecule has 5 nitrogen and oxygen atoms in total. The largest absolute Gasteiger partial charge is 0.481 e. The molecule has 19 heavy (non-hydrogen) atoms. The van der Waals surface area contributed by atoms with E-state index in [1.54, 1.807) is 0 Å². The highest BCUT2D eigenvalue weighted by Crippen LogP contribution is 2.26. The zero-order chi connectivity index (χ0) is 13.4. The molecule has 0 spiro atoms. The van der Waals surface area contributed by atoms with Crippen LogP contribution in [0, 0.1) is 12.8 Å². The van der Waals surface area contributed by atoms with Gasteiger partial charge in [-0.25, -0.2) is 0 Å². The molecule has 1 unspecified atom stereocenters. The Labute approximate surface area is 110 Å². The van der Waals surface area contributed by atoms with Crippen LogP contribution >= 0.6 is 0 Å². The third-order valence-electron chi connectivity index (χ3n) is 3.57. The third kappa shape index (κ3) is 2.12. The molecule has 1 N–H and O–H groups in total. The lowest BCUT2D eigenvalue weighted by molar-refractivity contribution is -0.142. The summed E-state index contributed by atoms with van der Waals surface area (Å²) in [5.41, 5.74) is 2.14. The van der Waals surface area contributed by atoms with Gasteiger partial charge < -0.3 is 9.67 Å². The number of rotatable bonds is 2. The monoisotopic (exact) mass is 257 g/mol. The number of aliphatic carboxylic acids is 1. The Morgan fingerprint density at radius 1 is 1.42 bits per heavy atom. The molecular weight excluding hydrogens is 242 g/mol. The van der Waals surface area contributed by atoms with Crippen molar-refractivity contribution in [3.05, 3.63) is 35.7 Å². The summed E-state index contributed by atoms with van der Waals surface area (Å²) in [5, 5.41) is 17.6. The fraction of sp³-hybridized carbons (Fsp3) is 0.357. The predicted molar refractivity (Wildman–Crippen MR) is 69.6 cm³/mol. The van der Waals surface area contributed by atoms with Crippen LogP contribution in [0.2, 0.25) is 0 Å². The van der Waals surface area contributed by atoms with Crippen LogP contribution in [0.15, 0.2) is 24.3 Å². The molecule has 1 aliphatic rings. The number of aryl methyl sites for hydroxylation is 2. The molecular formula is C14H15N3O2. The number of nitrogens with zero attached hydrogens (tertiary/aromatic N) is 3. The first-order valence-electron chi connectivity index (χ1n) is 6.37. The molecule has 98 valence electrons. The van der Waals surface area contributed by atoms with Gasteiger partial charge in [0.2, 0.25) is 0 Å². The molecule has 0 saturated heterocycles. The first-order chi connectivity index (χ1) is 9.15. The summed E-state index contributed by atoms with van der Waals surface area (Å²) in [6, 6.07) is 8.02. The Kier molecular flexibility index (Phi) is 2.81. The van der Waals surface area contributed by atoms with E-state index in [4.69, 9.17) is 5.11 Å². The highest BCUT2D eigenvalue weighted by atomic mass is 16.4. The minimum absolute atomic E-state index is 0.341. The lowest BCUT2D eigenvalue weighted by atomic mass is 9.99. The highest BCUT2D eigenvalue weighted by Gasteiger charge is 2.27. The maximum atomic E-state index is 11.1. The fourth-order valence-electron chi connectivity index (χ4n) is 2.53. The van der Waals surface area contributed by atoms with Crippen LogP contribution in [0.25, 0.3) is 11.4 Å². The van der Waals surface area contributed by atoms with Crippen LogP contribution in [-0.4, -0.2) is 25.8 Å². The summed E-state index contributed by atoms with van der Waals surface area (Å²) in [6.45, 7) is 2.48. The van der Waals surface area contributed by atoms with E-state index in [1.807, 2.05) is 35.8 Å². The topological polar surface area (TPSA) is 68.0 Å².